The molecule has 0 aromatic carbocycles. The number of imidazole rings is 1. The molecular weight excluding hydrogens is 252 g/mol. The average Bonchev–Trinajstić information content (AvgIpc) is 2.95. The second-order valence-electron chi connectivity index (χ2n) is 5.10. The molecule has 0 aliphatic carbocycles. The van der Waals surface area contributed by atoms with Crippen LogP contribution in [-0.4, -0.2) is 21.8 Å². The van der Waals surface area contributed by atoms with Crippen molar-refractivity contribution >= 4 is 11.6 Å². The van der Waals surface area contributed by atoms with Crippen LogP contribution in [0.4, 0.5) is 0 Å². The van der Waals surface area contributed by atoms with Gasteiger partial charge in [0.2, 0.25) is 5.91 Å². The smallest absolute Gasteiger partial charge is 0.227 e. The van der Waals surface area contributed by atoms with Crippen molar-refractivity contribution in [3.63, 3.8) is 0 Å². The molecule has 20 heavy (non-hydrogen) atoms. The molecule has 1 amide bonds. The standard InChI is InChI=1S/C15H22N4O/c1-3-15(4-2,11-16)14(20)18-10-12-5-7-19-8-6-17-13(19)9-12/h5-9H,3-4,10-11,16H2,1-2H3,(H,18,20). The number of rotatable bonds is 6. The van der Waals surface area contributed by atoms with Crippen molar-refractivity contribution in [2.75, 3.05) is 6.54 Å². The van der Waals surface area contributed by atoms with Crippen LogP contribution in [0.25, 0.3) is 5.65 Å². The van der Waals surface area contributed by atoms with E-state index >= 15 is 0 Å². The van der Waals surface area contributed by atoms with E-state index in [1.54, 1.807) is 6.20 Å². The third kappa shape index (κ3) is 2.67. The minimum atomic E-state index is -0.447. The number of amides is 1. The Labute approximate surface area is 119 Å². The number of aromatic nitrogens is 2. The zero-order chi connectivity index (χ0) is 14.6. The van der Waals surface area contributed by atoms with Crippen LogP contribution in [0.5, 0.6) is 0 Å². The summed E-state index contributed by atoms with van der Waals surface area (Å²) in [7, 11) is 0. The Morgan fingerprint density at radius 2 is 2.15 bits per heavy atom. The first-order valence-corrected chi connectivity index (χ1v) is 7.05. The molecule has 2 rings (SSSR count). The van der Waals surface area contributed by atoms with Gasteiger partial charge in [-0.2, -0.15) is 0 Å². The van der Waals surface area contributed by atoms with Gasteiger partial charge in [-0.25, -0.2) is 4.98 Å². The molecule has 108 valence electrons. The van der Waals surface area contributed by atoms with E-state index in [0.29, 0.717) is 13.1 Å². The third-order valence-electron chi connectivity index (χ3n) is 4.14. The first-order valence-electron chi connectivity index (χ1n) is 7.05. The molecule has 2 heterocycles. The van der Waals surface area contributed by atoms with Crippen LogP contribution in [-0.2, 0) is 11.3 Å². The number of carbonyl (C=O) groups excluding carboxylic acids is 1. The summed E-state index contributed by atoms with van der Waals surface area (Å²) in [6.45, 7) is 4.90. The highest BCUT2D eigenvalue weighted by Crippen LogP contribution is 2.25. The maximum absolute atomic E-state index is 12.3. The number of pyridine rings is 1. The zero-order valence-electron chi connectivity index (χ0n) is 12.1. The molecule has 0 atom stereocenters. The lowest BCUT2D eigenvalue weighted by atomic mass is 9.81. The number of nitrogens with two attached hydrogens (primary N) is 1. The van der Waals surface area contributed by atoms with Crippen LogP contribution in [0.2, 0.25) is 0 Å². The number of carbonyl (C=O) groups is 1. The molecule has 2 aromatic heterocycles. The fourth-order valence-corrected chi connectivity index (χ4v) is 2.38. The van der Waals surface area contributed by atoms with E-state index < -0.39 is 5.41 Å². The van der Waals surface area contributed by atoms with Gasteiger partial charge >= 0.3 is 0 Å². The topological polar surface area (TPSA) is 72.4 Å². The van der Waals surface area contributed by atoms with Gasteiger partial charge in [-0.05, 0) is 30.5 Å². The van der Waals surface area contributed by atoms with Crippen LogP contribution in [0.3, 0.4) is 0 Å². The van der Waals surface area contributed by atoms with Crippen LogP contribution < -0.4 is 11.1 Å². The SMILES string of the molecule is CCC(CC)(CN)C(=O)NCc1ccn2ccnc2c1. The zero-order valence-corrected chi connectivity index (χ0v) is 12.1. The monoisotopic (exact) mass is 274 g/mol. The molecule has 0 saturated carbocycles. The van der Waals surface area contributed by atoms with E-state index in [0.717, 1.165) is 24.1 Å². The predicted molar refractivity (Wildman–Crippen MR) is 79.1 cm³/mol. The van der Waals surface area contributed by atoms with Gasteiger partial charge in [-0.15, -0.1) is 0 Å². The summed E-state index contributed by atoms with van der Waals surface area (Å²) in [4.78, 5) is 16.6. The summed E-state index contributed by atoms with van der Waals surface area (Å²) in [5.41, 5.74) is 7.26. The van der Waals surface area contributed by atoms with Gasteiger partial charge in [-0.3, -0.25) is 4.79 Å². The second kappa shape index (κ2) is 6.05. The lowest BCUT2D eigenvalue weighted by molar-refractivity contribution is -0.131. The van der Waals surface area contributed by atoms with Crippen molar-refractivity contribution in [2.45, 2.75) is 33.2 Å². The molecule has 2 aromatic rings. The number of nitrogens with one attached hydrogen (secondary N) is 1. The quantitative estimate of drug-likeness (QED) is 0.842. The fourth-order valence-electron chi connectivity index (χ4n) is 2.38. The summed E-state index contributed by atoms with van der Waals surface area (Å²) in [5.74, 6) is 0.0354. The summed E-state index contributed by atoms with van der Waals surface area (Å²) in [6, 6.07) is 3.96. The molecule has 0 spiro atoms. The van der Waals surface area contributed by atoms with Crippen LogP contribution in [0.1, 0.15) is 32.3 Å². The highest BCUT2D eigenvalue weighted by atomic mass is 16.2. The minimum Gasteiger partial charge on any atom is -0.351 e. The van der Waals surface area contributed by atoms with Gasteiger partial charge in [0.15, 0.2) is 0 Å². The normalized spacial score (nSPS) is 11.8. The molecule has 0 saturated heterocycles. The van der Waals surface area contributed by atoms with E-state index in [2.05, 4.69) is 10.3 Å². The largest absolute Gasteiger partial charge is 0.351 e. The van der Waals surface area contributed by atoms with Crippen molar-refractivity contribution in [3.8, 4) is 0 Å². The fraction of sp³-hybridized carbons (Fsp3) is 0.467. The Hall–Kier alpha value is -1.88. The average molecular weight is 274 g/mol. The number of hydrogen-bond acceptors (Lipinski definition) is 3. The van der Waals surface area contributed by atoms with Gasteiger partial charge in [0, 0.05) is 31.7 Å². The molecule has 0 aliphatic rings. The van der Waals surface area contributed by atoms with Gasteiger partial charge in [0.25, 0.3) is 0 Å². The summed E-state index contributed by atoms with van der Waals surface area (Å²) in [6.07, 6.45) is 7.10. The van der Waals surface area contributed by atoms with Gasteiger partial charge in [0.1, 0.15) is 5.65 Å². The van der Waals surface area contributed by atoms with E-state index in [1.807, 2.05) is 42.8 Å². The molecule has 0 fully saturated rings. The molecule has 0 bridgehead atoms. The first kappa shape index (κ1) is 14.5. The van der Waals surface area contributed by atoms with E-state index in [9.17, 15) is 4.79 Å². The molecule has 0 radical (unpaired) electrons. The van der Waals surface area contributed by atoms with Crippen LogP contribution >= 0.6 is 0 Å². The van der Waals surface area contributed by atoms with Crippen LogP contribution in [0, 0.1) is 5.41 Å². The second-order valence-corrected chi connectivity index (χ2v) is 5.10. The summed E-state index contributed by atoms with van der Waals surface area (Å²) < 4.78 is 1.94. The van der Waals surface area contributed by atoms with E-state index in [4.69, 9.17) is 5.73 Å². The number of hydrogen-bond donors (Lipinski definition) is 2. The Morgan fingerprint density at radius 3 is 2.80 bits per heavy atom. The van der Waals surface area contributed by atoms with Gasteiger partial charge in [0.05, 0.1) is 5.41 Å². The van der Waals surface area contributed by atoms with Gasteiger partial charge in [-0.1, -0.05) is 13.8 Å². The summed E-state index contributed by atoms with van der Waals surface area (Å²) >= 11 is 0. The number of fused-ring (bicyclic) bond motifs is 1. The molecule has 3 N–H and O–H groups in total. The minimum absolute atomic E-state index is 0.0354. The van der Waals surface area contributed by atoms with Crippen molar-refractivity contribution in [1.82, 2.24) is 14.7 Å². The third-order valence-corrected chi connectivity index (χ3v) is 4.14. The maximum Gasteiger partial charge on any atom is 0.227 e. The van der Waals surface area contributed by atoms with Crippen molar-refractivity contribution in [1.29, 1.82) is 0 Å². The lowest BCUT2D eigenvalue weighted by Crippen LogP contribution is -2.45. The highest BCUT2D eigenvalue weighted by molar-refractivity contribution is 5.82. The Morgan fingerprint density at radius 1 is 1.40 bits per heavy atom. The first-order chi connectivity index (χ1) is 9.65. The lowest BCUT2D eigenvalue weighted by Gasteiger charge is -2.28. The van der Waals surface area contributed by atoms with E-state index in [-0.39, 0.29) is 5.91 Å². The Bertz CT molecular complexity index is 578. The van der Waals surface area contributed by atoms with Gasteiger partial charge < -0.3 is 15.5 Å². The van der Waals surface area contributed by atoms with Crippen molar-refractivity contribution in [3.05, 3.63) is 36.3 Å². The van der Waals surface area contributed by atoms with Crippen LogP contribution in [0.15, 0.2) is 30.7 Å². The molecule has 5 heteroatoms. The molecular formula is C15H22N4O. The van der Waals surface area contributed by atoms with E-state index in [1.165, 1.54) is 0 Å². The van der Waals surface area contributed by atoms with Crippen molar-refractivity contribution in [2.24, 2.45) is 11.1 Å². The summed E-state index contributed by atoms with van der Waals surface area (Å²) in [5, 5.41) is 2.99. The highest BCUT2D eigenvalue weighted by Gasteiger charge is 2.32. The molecule has 0 unspecified atom stereocenters. The molecule has 0 aliphatic heterocycles. The predicted octanol–water partition coefficient (Wildman–Crippen LogP) is 1.72. The Balaban J connectivity index is 2.05. The Kier molecular flexibility index (Phi) is 4.39. The maximum atomic E-state index is 12.3. The number of nitrogens with zero attached hydrogens (tertiary/aromatic N) is 2. The molecule has 5 nitrogen and oxygen atoms in total. The van der Waals surface area contributed by atoms with Crippen molar-refractivity contribution < 1.29 is 4.79 Å².